The lowest BCUT2D eigenvalue weighted by Crippen LogP contribution is -2.30. The SMILES string of the molecule is CCN(CCC1CCCN1)Cc1ccco1. The molecule has 1 aliphatic heterocycles. The van der Waals surface area contributed by atoms with Gasteiger partial charge in [-0.3, -0.25) is 4.90 Å². The van der Waals surface area contributed by atoms with Gasteiger partial charge in [0.05, 0.1) is 12.8 Å². The van der Waals surface area contributed by atoms with E-state index in [1.54, 1.807) is 6.26 Å². The molecule has 0 saturated carbocycles. The number of hydrogen-bond acceptors (Lipinski definition) is 3. The predicted octanol–water partition coefficient (Wildman–Crippen LogP) is 2.24. The maximum atomic E-state index is 5.38. The van der Waals surface area contributed by atoms with Gasteiger partial charge in [0.25, 0.3) is 0 Å². The lowest BCUT2D eigenvalue weighted by atomic mass is 10.1. The summed E-state index contributed by atoms with van der Waals surface area (Å²) in [6.45, 7) is 6.61. The Morgan fingerprint density at radius 2 is 2.50 bits per heavy atom. The van der Waals surface area contributed by atoms with Gasteiger partial charge in [0.1, 0.15) is 5.76 Å². The zero-order chi connectivity index (χ0) is 11.2. The van der Waals surface area contributed by atoms with Crippen LogP contribution in [0, 0.1) is 0 Å². The molecule has 1 N–H and O–H groups in total. The van der Waals surface area contributed by atoms with E-state index < -0.39 is 0 Å². The van der Waals surface area contributed by atoms with Crippen molar-refractivity contribution in [1.29, 1.82) is 0 Å². The summed E-state index contributed by atoms with van der Waals surface area (Å²) in [4.78, 5) is 2.44. The second-order valence-corrected chi connectivity index (χ2v) is 4.53. The predicted molar refractivity (Wildman–Crippen MR) is 65.3 cm³/mol. The van der Waals surface area contributed by atoms with Crippen LogP contribution >= 0.6 is 0 Å². The first-order chi connectivity index (χ1) is 7.88. The molecule has 2 heterocycles. The molecule has 1 unspecified atom stereocenters. The molecule has 1 aromatic rings. The number of nitrogens with zero attached hydrogens (tertiary/aromatic N) is 1. The van der Waals surface area contributed by atoms with Gasteiger partial charge >= 0.3 is 0 Å². The van der Waals surface area contributed by atoms with E-state index in [0.29, 0.717) is 0 Å². The van der Waals surface area contributed by atoms with E-state index in [4.69, 9.17) is 4.42 Å². The van der Waals surface area contributed by atoms with Crippen molar-refractivity contribution in [3.05, 3.63) is 24.2 Å². The lowest BCUT2D eigenvalue weighted by Gasteiger charge is -2.21. The van der Waals surface area contributed by atoms with Gasteiger partial charge in [0.15, 0.2) is 0 Å². The molecule has 1 fully saturated rings. The highest BCUT2D eigenvalue weighted by atomic mass is 16.3. The Morgan fingerprint density at radius 1 is 1.56 bits per heavy atom. The minimum absolute atomic E-state index is 0.741. The smallest absolute Gasteiger partial charge is 0.117 e. The fourth-order valence-corrected chi connectivity index (χ4v) is 2.31. The fourth-order valence-electron chi connectivity index (χ4n) is 2.31. The van der Waals surface area contributed by atoms with Gasteiger partial charge in [-0.1, -0.05) is 6.92 Å². The average Bonchev–Trinajstić information content (AvgIpc) is 2.97. The van der Waals surface area contributed by atoms with E-state index in [-0.39, 0.29) is 0 Å². The van der Waals surface area contributed by atoms with Crippen LogP contribution in [0.3, 0.4) is 0 Å². The molecule has 1 atom stereocenters. The van der Waals surface area contributed by atoms with Crippen molar-refractivity contribution in [1.82, 2.24) is 10.2 Å². The number of furan rings is 1. The van der Waals surface area contributed by atoms with Crippen LogP contribution in [0.1, 0.15) is 31.9 Å². The molecule has 1 saturated heterocycles. The molecule has 3 heteroatoms. The van der Waals surface area contributed by atoms with Crippen LogP contribution < -0.4 is 5.32 Å². The standard InChI is InChI=1S/C13H22N2O/c1-2-15(11-13-6-4-10-16-13)9-7-12-5-3-8-14-12/h4,6,10,12,14H,2-3,5,7-9,11H2,1H3. The van der Waals surface area contributed by atoms with Crippen LogP contribution in [-0.4, -0.2) is 30.6 Å². The van der Waals surface area contributed by atoms with Gasteiger partial charge in [-0.05, 0) is 44.5 Å². The Hall–Kier alpha value is -0.800. The molecule has 1 aliphatic rings. The molecule has 90 valence electrons. The maximum Gasteiger partial charge on any atom is 0.117 e. The van der Waals surface area contributed by atoms with Crippen molar-refractivity contribution in [2.45, 2.75) is 38.8 Å². The second kappa shape index (κ2) is 6.06. The van der Waals surface area contributed by atoms with E-state index in [1.165, 1.54) is 25.8 Å². The summed E-state index contributed by atoms with van der Waals surface area (Å²) < 4.78 is 5.38. The van der Waals surface area contributed by atoms with Crippen LogP contribution in [-0.2, 0) is 6.54 Å². The quantitative estimate of drug-likeness (QED) is 0.800. The van der Waals surface area contributed by atoms with E-state index in [1.807, 2.05) is 6.07 Å². The fraction of sp³-hybridized carbons (Fsp3) is 0.692. The molecule has 3 nitrogen and oxygen atoms in total. The zero-order valence-electron chi connectivity index (χ0n) is 10.1. The van der Waals surface area contributed by atoms with Crippen molar-refractivity contribution in [2.75, 3.05) is 19.6 Å². The van der Waals surface area contributed by atoms with Crippen molar-refractivity contribution < 1.29 is 4.42 Å². The lowest BCUT2D eigenvalue weighted by molar-refractivity contribution is 0.243. The summed E-state index contributed by atoms with van der Waals surface area (Å²) in [5.41, 5.74) is 0. The highest BCUT2D eigenvalue weighted by molar-refractivity contribution is 4.97. The number of nitrogens with one attached hydrogen (secondary N) is 1. The number of rotatable bonds is 6. The molecule has 0 radical (unpaired) electrons. The molecule has 0 spiro atoms. The van der Waals surface area contributed by atoms with E-state index in [2.05, 4.69) is 23.2 Å². The van der Waals surface area contributed by atoms with Crippen molar-refractivity contribution in [2.24, 2.45) is 0 Å². The molecule has 1 aromatic heterocycles. The second-order valence-electron chi connectivity index (χ2n) is 4.53. The summed E-state index contributed by atoms with van der Waals surface area (Å²) in [5.74, 6) is 1.07. The third kappa shape index (κ3) is 3.35. The number of hydrogen-bond donors (Lipinski definition) is 1. The van der Waals surface area contributed by atoms with Crippen LogP contribution in [0.15, 0.2) is 22.8 Å². The summed E-state index contributed by atoms with van der Waals surface area (Å²) >= 11 is 0. The van der Waals surface area contributed by atoms with E-state index in [9.17, 15) is 0 Å². The molecule has 0 amide bonds. The molecule has 2 rings (SSSR count). The van der Waals surface area contributed by atoms with Gasteiger partial charge in [0, 0.05) is 12.6 Å². The maximum absolute atomic E-state index is 5.38. The average molecular weight is 222 g/mol. The summed E-state index contributed by atoms with van der Waals surface area (Å²) in [6.07, 6.45) is 5.70. The first kappa shape index (κ1) is 11.7. The summed E-state index contributed by atoms with van der Waals surface area (Å²) in [7, 11) is 0. The van der Waals surface area contributed by atoms with Crippen molar-refractivity contribution in [3.8, 4) is 0 Å². The van der Waals surface area contributed by atoms with Gasteiger partial charge < -0.3 is 9.73 Å². The minimum Gasteiger partial charge on any atom is -0.468 e. The third-order valence-corrected chi connectivity index (χ3v) is 3.36. The Bertz CT molecular complexity index is 278. The molecule has 0 aromatic carbocycles. The molecular weight excluding hydrogens is 200 g/mol. The van der Waals surface area contributed by atoms with Crippen LogP contribution in [0.5, 0.6) is 0 Å². The van der Waals surface area contributed by atoms with E-state index in [0.717, 1.165) is 31.4 Å². The highest BCUT2D eigenvalue weighted by Crippen LogP contribution is 2.11. The molecule has 16 heavy (non-hydrogen) atoms. The largest absolute Gasteiger partial charge is 0.468 e. The summed E-state index contributed by atoms with van der Waals surface area (Å²) in [6, 6.07) is 4.75. The van der Waals surface area contributed by atoms with Crippen molar-refractivity contribution >= 4 is 0 Å². The zero-order valence-corrected chi connectivity index (χ0v) is 10.1. The third-order valence-electron chi connectivity index (χ3n) is 3.36. The van der Waals surface area contributed by atoms with Crippen molar-refractivity contribution in [3.63, 3.8) is 0 Å². The van der Waals surface area contributed by atoms with Crippen LogP contribution in [0.25, 0.3) is 0 Å². The monoisotopic (exact) mass is 222 g/mol. The van der Waals surface area contributed by atoms with E-state index >= 15 is 0 Å². The highest BCUT2D eigenvalue weighted by Gasteiger charge is 2.15. The summed E-state index contributed by atoms with van der Waals surface area (Å²) in [5, 5.41) is 3.54. The Labute approximate surface area is 97.8 Å². The minimum atomic E-state index is 0.741. The molecular formula is C13H22N2O. The van der Waals surface area contributed by atoms with Gasteiger partial charge in [0.2, 0.25) is 0 Å². The first-order valence-corrected chi connectivity index (χ1v) is 6.36. The van der Waals surface area contributed by atoms with Gasteiger partial charge in [-0.2, -0.15) is 0 Å². The first-order valence-electron chi connectivity index (χ1n) is 6.36. The van der Waals surface area contributed by atoms with Gasteiger partial charge in [-0.25, -0.2) is 0 Å². The molecule has 0 aliphatic carbocycles. The van der Waals surface area contributed by atoms with Crippen LogP contribution in [0.2, 0.25) is 0 Å². The Kier molecular flexibility index (Phi) is 4.43. The van der Waals surface area contributed by atoms with Crippen LogP contribution in [0.4, 0.5) is 0 Å². The Balaban J connectivity index is 1.72. The Morgan fingerprint density at radius 3 is 3.12 bits per heavy atom. The topological polar surface area (TPSA) is 28.4 Å². The molecule has 0 bridgehead atoms. The normalized spacial score (nSPS) is 20.8. The van der Waals surface area contributed by atoms with Gasteiger partial charge in [-0.15, -0.1) is 0 Å².